The number of benzene rings is 8. The van der Waals surface area contributed by atoms with Crippen molar-refractivity contribution in [2.24, 2.45) is 0 Å². The molecule has 0 saturated heterocycles. The Hall–Kier alpha value is -7.33. The molecule has 5 nitrogen and oxygen atoms in total. The monoisotopic (exact) mass is 1090 g/mol. The number of hydrogen-bond donors (Lipinski definition) is 0. The van der Waals surface area contributed by atoms with E-state index in [2.05, 4.69) is 94.0 Å². The topological polar surface area (TPSA) is 35.9 Å². The Labute approximate surface area is 435 Å². The molecule has 0 spiro atoms. The summed E-state index contributed by atoms with van der Waals surface area (Å²) in [5.74, 6) is 0.485. The van der Waals surface area contributed by atoms with Crippen LogP contribution in [0.3, 0.4) is 0 Å². The predicted molar refractivity (Wildman–Crippen MR) is 278 cm³/mol. The van der Waals surface area contributed by atoms with Gasteiger partial charge >= 0.3 is 0 Å². The van der Waals surface area contributed by atoms with Gasteiger partial charge < -0.3 is 13.9 Å². The number of para-hydroxylation sites is 3. The molecular weight excluding hydrogens is 1020 g/mol. The summed E-state index contributed by atoms with van der Waals surface area (Å²) in [5, 5.41) is 1.96. The summed E-state index contributed by atoms with van der Waals surface area (Å²) < 4.78 is 109. The van der Waals surface area contributed by atoms with Crippen molar-refractivity contribution in [1.82, 2.24) is 14.1 Å². The Morgan fingerprint density at radius 3 is 2.01 bits per heavy atom. The van der Waals surface area contributed by atoms with E-state index < -0.39 is 66.3 Å². The fraction of sp³-hybridized carbons (Fsp3) is 0.143. The molecule has 0 aliphatic carbocycles. The minimum absolute atomic E-state index is 0. The first kappa shape index (κ1) is 34.0. The second-order valence-electron chi connectivity index (χ2n) is 17.6. The van der Waals surface area contributed by atoms with Crippen LogP contribution in [-0.2, 0) is 26.5 Å². The molecule has 0 saturated carbocycles. The summed E-state index contributed by atoms with van der Waals surface area (Å²) in [5.41, 5.74) is 7.19. The van der Waals surface area contributed by atoms with Crippen molar-refractivity contribution in [2.45, 2.75) is 58.8 Å². The number of nitrogens with zero attached hydrogens (tertiary/aromatic N) is 4. The van der Waals surface area contributed by atoms with Crippen LogP contribution in [0.15, 0.2) is 194 Å². The van der Waals surface area contributed by atoms with E-state index in [4.69, 9.17) is 23.4 Å². The first-order valence-electron chi connectivity index (χ1n) is 28.3. The van der Waals surface area contributed by atoms with Gasteiger partial charge in [-0.05, 0) is 86.3 Å². The molecule has 11 rings (SSSR count). The third-order valence-corrected chi connectivity index (χ3v) is 12.5. The van der Waals surface area contributed by atoms with Gasteiger partial charge in [0.25, 0.3) is 6.33 Å². The van der Waals surface area contributed by atoms with Crippen molar-refractivity contribution < 1.29 is 45.4 Å². The van der Waals surface area contributed by atoms with E-state index in [-0.39, 0.29) is 54.4 Å². The van der Waals surface area contributed by atoms with Crippen LogP contribution in [0.2, 0.25) is 0 Å². The van der Waals surface area contributed by atoms with Crippen LogP contribution < -0.4 is 9.30 Å². The van der Waals surface area contributed by atoms with Crippen molar-refractivity contribution in [1.29, 1.82) is 0 Å². The number of ether oxygens (including phenoxy) is 1. The number of imidazole rings is 1. The first-order valence-corrected chi connectivity index (χ1v) is 22.8. The molecule has 3 aromatic heterocycles. The molecule has 11 aromatic rings. The molecular formula is C63H52N4OPt-2. The van der Waals surface area contributed by atoms with Crippen LogP contribution in [0.4, 0.5) is 0 Å². The molecule has 0 fully saturated rings. The van der Waals surface area contributed by atoms with E-state index in [0.29, 0.717) is 46.9 Å². The number of pyridine rings is 1. The van der Waals surface area contributed by atoms with Gasteiger partial charge in [-0.25, -0.2) is 4.98 Å². The van der Waals surface area contributed by atoms with Gasteiger partial charge in [0, 0.05) is 51.2 Å². The third kappa shape index (κ3) is 8.51. The van der Waals surface area contributed by atoms with E-state index >= 15 is 0 Å². The molecule has 0 amide bonds. The summed E-state index contributed by atoms with van der Waals surface area (Å²) in [6.45, 7) is 10.7. The molecule has 0 bridgehead atoms. The zero-order valence-corrected chi connectivity index (χ0v) is 40.9. The molecule has 0 aliphatic heterocycles. The Balaban J connectivity index is 0.00000720. The molecule has 69 heavy (non-hydrogen) atoms. The standard InChI is InChI=1S/C63H52N4O.Pt/c1-6-43(7-2)54-40-61(64-41-56(54)46-25-15-10-16-26-46)67-57-36-33-47(63(3,4)5)37-55(57)53-35-34-50(39-60(53)67)68-49-28-19-27-48(38-49)65-42-66(59-32-18-17-31-58(59)65)62-51(44-21-11-8-12-22-44)29-20-30-52(62)45-23-13-9-14-24-45;/h8-37,40-41,43H,6-7H2,1-5H3;/q-2;/i8D,9D,11D,12D,13D,14D,21D,22D,23D,24D,43D;. The maximum absolute atomic E-state index is 9.75. The normalized spacial score (nSPS) is 14.1. The Kier molecular flexibility index (Phi) is 9.36. The van der Waals surface area contributed by atoms with Gasteiger partial charge in [-0.1, -0.05) is 185 Å². The van der Waals surface area contributed by atoms with Crippen LogP contribution in [-0.4, -0.2) is 14.1 Å². The van der Waals surface area contributed by atoms with Crippen LogP contribution >= 0.6 is 0 Å². The first-order chi connectivity index (χ1) is 37.8. The summed E-state index contributed by atoms with van der Waals surface area (Å²) in [7, 11) is 0. The van der Waals surface area contributed by atoms with E-state index in [9.17, 15) is 1.37 Å². The molecule has 342 valence electrons. The Bertz CT molecular complexity index is 4140. The maximum Gasteiger partial charge on any atom is 0.268 e. The number of hydrogen-bond acceptors (Lipinski definition) is 2. The number of aromatic nitrogens is 4. The second kappa shape index (κ2) is 19.0. The average molecular weight is 1090 g/mol. The van der Waals surface area contributed by atoms with Gasteiger partial charge in [-0.3, -0.25) is 4.57 Å². The van der Waals surface area contributed by atoms with E-state index in [1.165, 1.54) is 5.56 Å². The smallest absolute Gasteiger partial charge is 0.268 e. The molecule has 0 aliphatic rings. The Morgan fingerprint density at radius 2 is 1.32 bits per heavy atom. The van der Waals surface area contributed by atoms with E-state index in [1.807, 2.05) is 66.9 Å². The van der Waals surface area contributed by atoms with Crippen molar-refractivity contribution in [2.75, 3.05) is 0 Å². The van der Waals surface area contributed by atoms with Crippen LogP contribution in [0, 0.1) is 18.5 Å². The maximum atomic E-state index is 9.75. The van der Waals surface area contributed by atoms with Crippen LogP contribution in [0.5, 0.6) is 11.5 Å². The third-order valence-electron chi connectivity index (χ3n) is 12.5. The fourth-order valence-corrected chi connectivity index (χ4v) is 9.13. The van der Waals surface area contributed by atoms with Crippen LogP contribution in [0.1, 0.15) is 79.6 Å². The quantitative estimate of drug-likeness (QED) is 0.0956. The molecule has 0 N–H and O–H groups in total. The van der Waals surface area contributed by atoms with Gasteiger partial charge in [0.1, 0.15) is 5.82 Å². The van der Waals surface area contributed by atoms with Crippen molar-refractivity contribution in [3.63, 3.8) is 0 Å². The number of rotatable bonds is 11. The molecule has 0 atom stereocenters. The van der Waals surface area contributed by atoms with Crippen molar-refractivity contribution in [3.05, 3.63) is 224 Å². The van der Waals surface area contributed by atoms with Gasteiger partial charge in [-0.15, -0.1) is 29.7 Å². The van der Waals surface area contributed by atoms with Crippen molar-refractivity contribution >= 4 is 32.8 Å². The zero-order valence-electron chi connectivity index (χ0n) is 49.6. The van der Waals surface area contributed by atoms with E-state index in [1.54, 1.807) is 39.5 Å². The van der Waals surface area contributed by atoms with Crippen molar-refractivity contribution in [3.8, 4) is 62.1 Å². The van der Waals surface area contributed by atoms with E-state index in [0.717, 1.165) is 38.5 Å². The van der Waals surface area contributed by atoms with Gasteiger partial charge in [0.2, 0.25) is 0 Å². The minimum atomic E-state index is -0.887. The zero-order chi connectivity index (χ0) is 56.0. The molecule has 6 heteroatoms. The average Bonchev–Trinajstić information content (AvgIpc) is 4.12. The van der Waals surface area contributed by atoms with Gasteiger partial charge in [-0.2, -0.15) is 18.2 Å². The summed E-state index contributed by atoms with van der Waals surface area (Å²) in [6, 6.07) is 41.6. The summed E-state index contributed by atoms with van der Waals surface area (Å²) >= 11 is 0. The molecule has 8 aromatic carbocycles. The molecule has 0 radical (unpaired) electrons. The molecule has 3 heterocycles. The second-order valence-corrected chi connectivity index (χ2v) is 17.6. The van der Waals surface area contributed by atoms with Gasteiger partial charge in [0.15, 0.2) is 0 Å². The minimum Gasteiger partial charge on any atom is -0.510 e. The number of fused-ring (bicyclic) bond motifs is 4. The largest absolute Gasteiger partial charge is 0.510 e. The fourth-order valence-electron chi connectivity index (χ4n) is 9.13. The summed E-state index contributed by atoms with van der Waals surface area (Å²) in [6.07, 6.45) is 6.50. The van der Waals surface area contributed by atoms with Crippen LogP contribution in [0.25, 0.3) is 83.4 Å². The Morgan fingerprint density at radius 1 is 0.652 bits per heavy atom. The molecule has 0 unspecified atom stereocenters. The predicted octanol–water partition coefficient (Wildman–Crippen LogP) is 15.8. The summed E-state index contributed by atoms with van der Waals surface area (Å²) in [4.78, 5) is 5.12. The van der Waals surface area contributed by atoms with Gasteiger partial charge in [0.05, 0.1) is 30.4 Å². The SMILES string of the molecule is [2H]c1c([2H])c([2H])c(-c2cccc(-c3c([2H])c([2H])c([2H])c([2H])c3[2H])c2-[n+]2[c-]n(-c3[c-]c(Oc4[c-]c5c(cc4)c4cc(C(C)(C)C)ccc4n5-c4cc(C([2H])(CC)CC)c(-c5ccccc5)cn4)ccc3)c3ccccc32)c([2H])c1[2H].[Pt].